The molecule has 7 heteroatoms. The lowest BCUT2D eigenvalue weighted by Crippen LogP contribution is -2.62. The lowest BCUT2D eigenvalue weighted by atomic mass is 9.79. The zero-order valence-corrected chi connectivity index (χ0v) is 16.6. The molecule has 1 aromatic carbocycles. The van der Waals surface area contributed by atoms with Crippen molar-refractivity contribution < 1.29 is 9.53 Å². The van der Waals surface area contributed by atoms with Crippen LogP contribution in [0.3, 0.4) is 0 Å². The molecule has 5 nitrogen and oxygen atoms in total. The van der Waals surface area contributed by atoms with E-state index in [1.54, 1.807) is 30.2 Å². The first-order valence-electron chi connectivity index (χ1n) is 8.96. The molecule has 0 radical (unpaired) electrons. The molecule has 2 aromatic rings. The van der Waals surface area contributed by atoms with Crippen LogP contribution in [0.5, 0.6) is 5.88 Å². The van der Waals surface area contributed by atoms with Gasteiger partial charge in [0.05, 0.1) is 12.5 Å². The molecule has 5 rings (SSSR count). The van der Waals surface area contributed by atoms with Gasteiger partial charge in [-0.3, -0.25) is 9.69 Å². The van der Waals surface area contributed by atoms with Gasteiger partial charge in [-0.1, -0.05) is 11.8 Å². The molecule has 0 aliphatic carbocycles. The molecule has 1 amide bonds. The van der Waals surface area contributed by atoms with Crippen molar-refractivity contribution >= 4 is 29.0 Å². The van der Waals surface area contributed by atoms with E-state index in [1.165, 1.54) is 25.9 Å². The number of amides is 1. The van der Waals surface area contributed by atoms with Crippen LogP contribution in [0.25, 0.3) is 0 Å². The first kappa shape index (κ1) is 17.8. The van der Waals surface area contributed by atoms with E-state index in [9.17, 15) is 4.79 Å². The predicted molar refractivity (Wildman–Crippen MR) is 104 cm³/mol. The van der Waals surface area contributed by atoms with Crippen molar-refractivity contribution in [2.45, 2.75) is 41.1 Å². The predicted octanol–water partition coefficient (Wildman–Crippen LogP) is 3.52. The molecular formula is C19H23N3O2S2. The second-order valence-electron chi connectivity index (χ2n) is 6.90. The van der Waals surface area contributed by atoms with Gasteiger partial charge in [-0.25, -0.2) is 0 Å². The second-order valence-corrected chi connectivity index (χ2v) is 9.07. The number of rotatable bonds is 5. The molecule has 0 saturated carbocycles. The van der Waals surface area contributed by atoms with Crippen LogP contribution < -0.4 is 10.1 Å². The third kappa shape index (κ3) is 3.61. The Hall–Kier alpha value is -1.57. The Morgan fingerprint density at radius 1 is 1.31 bits per heavy atom. The summed E-state index contributed by atoms with van der Waals surface area (Å²) in [7, 11) is 1.62. The average molecular weight is 390 g/mol. The minimum Gasteiger partial charge on any atom is -0.480 e. The lowest BCUT2D eigenvalue weighted by molar-refractivity contribution is 0.0217. The fourth-order valence-electron chi connectivity index (χ4n) is 3.94. The highest BCUT2D eigenvalue weighted by Crippen LogP contribution is 2.33. The third-order valence-electron chi connectivity index (χ3n) is 5.47. The maximum absolute atomic E-state index is 12.7. The van der Waals surface area contributed by atoms with E-state index in [0.29, 0.717) is 17.8 Å². The molecular weight excluding hydrogens is 366 g/mol. The van der Waals surface area contributed by atoms with E-state index in [0.717, 1.165) is 14.8 Å². The number of hydrogen-bond donors (Lipinski definition) is 1. The first-order valence-corrected chi connectivity index (χ1v) is 10.7. The van der Waals surface area contributed by atoms with Gasteiger partial charge >= 0.3 is 0 Å². The second kappa shape index (κ2) is 7.58. The highest BCUT2D eigenvalue weighted by atomic mass is 32.2. The summed E-state index contributed by atoms with van der Waals surface area (Å²) in [5.74, 6) is 1.29. The maximum atomic E-state index is 12.7. The first-order chi connectivity index (χ1) is 12.6. The third-order valence-corrected chi connectivity index (χ3v) is 7.39. The number of ether oxygens (including phenoxy) is 1. The van der Waals surface area contributed by atoms with E-state index in [4.69, 9.17) is 4.74 Å². The van der Waals surface area contributed by atoms with Crippen LogP contribution in [0.1, 0.15) is 30.1 Å². The molecule has 1 aromatic heterocycles. The van der Waals surface area contributed by atoms with Crippen LogP contribution >= 0.6 is 23.1 Å². The summed E-state index contributed by atoms with van der Waals surface area (Å²) in [6, 6.07) is 8.45. The summed E-state index contributed by atoms with van der Waals surface area (Å²) in [6.07, 6.45) is 2.39. The molecule has 1 N–H and O–H groups in total. The van der Waals surface area contributed by atoms with Gasteiger partial charge in [-0.15, -0.1) is 11.3 Å². The molecule has 3 aliphatic heterocycles. The van der Waals surface area contributed by atoms with Crippen LogP contribution in [-0.4, -0.2) is 48.1 Å². The average Bonchev–Trinajstić information content (AvgIpc) is 3.13. The number of carbonyl (C=O) groups excluding carboxylic acids is 1. The maximum Gasteiger partial charge on any atom is 0.251 e. The fourth-order valence-corrected chi connectivity index (χ4v) is 5.67. The van der Waals surface area contributed by atoms with Crippen LogP contribution in [0.15, 0.2) is 38.9 Å². The van der Waals surface area contributed by atoms with Crippen molar-refractivity contribution in [3.8, 4) is 5.88 Å². The quantitative estimate of drug-likeness (QED) is 0.848. The zero-order valence-electron chi connectivity index (χ0n) is 15.0. The van der Waals surface area contributed by atoms with Crippen LogP contribution in [0, 0.1) is 5.92 Å². The van der Waals surface area contributed by atoms with Gasteiger partial charge in [0, 0.05) is 22.5 Å². The molecule has 0 spiro atoms. The zero-order chi connectivity index (χ0) is 18.1. The number of aromatic nitrogens is 1. The topological polar surface area (TPSA) is 54.5 Å². The standard InChI is InChI=1S/C19H23N3O2S2/c1-12-17(13-7-9-22(12)10-8-13)21-18(23)14-3-5-15(6-4-14)26-19-20-16(24-2)11-25-19/h3-6,11-13,17H,7-10H2,1-2H3,(H,21,23). The van der Waals surface area contributed by atoms with Crippen molar-refractivity contribution in [1.82, 2.24) is 15.2 Å². The summed E-state index contributed by atoms with van der Waals surface area (Å²) in [5, 5.41) is 5.17. The summed E-state index contributed by atoms with van der Waals surface area (Å²) in [6.45, 7) is 4.58. The summed E-state index contributed by atoms with van der Waals surface area (Å²) in [5.41, 5.74) is 0.717. The number of nitrogens with zero attached hydrogens (tertiary/aromatic N) is 2. The monoisotopic (exact) mass is 389 g/mol. The minimum atomic E-state index is 0.0306. The van der Waals surface area contributed by atoms with Crippen molar-refractivity contribution in [2.75, 3.05) is 20.2 Å². The van der Waals surface area contributed by atoms with Gasteiger partial charge in [0.15, 0.2) is 4.34 Å². The Morgan fingerprint density at radius 2 is 2.04 bits per heavy atom. The van der Waals surface area contributed by atoms with E-state index in [1.807, 2.05) is 29.6 Å². The summed E-state index contributed by atoms with van der Waals surface area (Å²) >= 11 is 3.13. The Kier molecular flexibility index (Phi) is 5.20. The highest BCUT2D eigenvalue weighted by molar-refractivity contribution is 8.01. The van der Waals surface area contributed by atoms with E-state index < -0.39 is 0 Å². The van der Waals surface area contributed by atoms with Crippen molar-refractivity contribution in [1.29, 1.82) is 0 Å². The molecule has 2 bridgehead atoms. The number of fused-ring (bicyclic) bond motifs is 3. The molecule has 3 saturated heterocycles. The van der Waals surface area contributed by atoms with Crippen molar-refractivity contribution in [3.63, 3.8) is 0 Å². The molecule has 2 atom stereocenters. The number of nitrogens with one attached hydrogen (secondary N) is 1. The molecule has 4 heterocycles. The summed E-state index contributed by atoms with van der Waals surface area (Å²) < 4.78 is 6.05. The SMILES string of the molecule is COc1csc(Sc2ccc(C(=O)NC3C4CCN(CC4)C3C)cc2)n1. The number of thiazole rings is 1. The number of benzene rings is 1. The van der Waals surface area contributed by atoms with E-state index in [2.05, 4.69) is 22.1 Å². The number of hydrogen-bond acceptors (Lipinski definition) is 6. The number of methoxy groups -OCH3 is 1. The molecule has 26 heavy (non-hydrogen) atoms. The van der Waals surface area contributed by atoms with Gasteiger partial charge in [0.1, 0.15) is 0 Å². The number of piperidine rings is 3. The number of carbonyl (C=O) groups is 1. The fraction of sp³-hybridized carbons (Fsp3) is 0.474. The Balaban J connectivity index is 1.39. The smallest absolute Gasteiger partial charge is 0.251 e. The van der Waals surface area contributed by atoms with Crippen molar-refractivity contribution in [2.24, 2.45) is 5.92 Å². The summed E-state index contributed by atoms with van der Waals surface area (Å²) in [4.78, 5) is 20.6. The molecule has 2 unspecified atom stereocenters. The van der Waals surface area contributed by atoms with E-state index >= 15 is 0 Å². The van der Waals surface area contributed by atoms with Gasteiger partial charge in [-0.05, 0) is 63.0 Å². The Morgan fingerprint density at radius 3 is 2.65 bits per heavy atom. The molecule has 3 fully saturated rings. The molecule has 3 aliphatic rings. The molecule has 138 valence electrons. The minimum absolute atomic E-state index is 0.0306. The van der Waals surface area contributed by atoms with Gasteiger partial charge in [-0.2, -0.15) is 4.98 Å². The lowest BCUT2D eigenvalue weighted by Gasteiger charge is -2.49. The van der Waals surface area contributed by atoms with Crippen LogP contribution in [0.4, 0.5) is 0 Å². The van der Waals surface area contributed by atoms with Gasteiger partial charge < -0.3 is 10.1 Å². The van der Waals surface area contributed by atoms with Crippen LogP contribution in [0.2, 0.25) is 0 Å². The van der Waals surface area contributed by atoms with Gasteiger partial charge in [0.2, 0.25) is 5.88 Å². The highest BCUT2D eigenvalue weighted by Gasteiger charge is 2.40. The normalized spacial score (nSPS) is 27.3. The Labute approximate surface area is 162 Å². The van der Waals surface area contributed by atoms with Crippen molar-refractivity contribution in [3.05, 3.63) is 35.2 Å². The van der Waals surface area contributed by atoms with Crippen LogP contribution in [-0.2, 0) is 0 Å². The Bertz CT molecular complexity index is 767. The van der Waals surface area contributed by atoms with Gasteiger partial charge in [0.25, 0.3) is 5.91 Å². The van der Waals surface area contributed by atoms with E-state index in [-0.39, 0.29) is 11.9 Å². The largest absolute Gasteiger partial charge is 0.480 e.